The molecule has 3 nitrogen and oxygen atoms in total. The number of hydrogen-bond donors (Lipinski definition) is 0. The third kappa shape index (κ3) is 3.84. The normalized spacial score (nSPS) is 20.0. The molecule has 0 bridgehead atoms. The largest absolute Gasteiger partial charge is 0.460 e. The van der Waals surface area contributed by atoms with Crippen molar-refractivity contribution in [3.05, 3.63) is 192 Å². The molecule has 0 N–H and O–H groups in total. The summed E-state index contributed by atoms with van der Waals surface area (Å²) >= 11 is 0. The molecule has 0 radical (unpaired) electrons. The standard InChI is InChI=1S/C50H35NO2/c1-2-14-33(15-3-1)51(34-24-26-39-38-18-6-9-23-45(38)52-46(39)29-34)35-25-27-40-41-19-12-22-44(48(41)53-47(40)30-35)50(49-28-11-10-13-32(49)31-49)42-20-7-4-16-36(42)37-17-5-8-21-43(37)50/h1-8,10-22,24-30,32H,9,23,31H2. The summed E-state index contributed by atoms with van der Waals surface area (Å²) in [4.78, 5) is 2.31. The van der Waals surface area contributed by atoms with Crippen molar-refractivity contribution in [3.8, 4) is 11.1 Å². The molecule has 1 saturated carbocycles. The van der Waals surface area contributed by atoms with E-state index in [1.54, 1.807) is 0 Å². The minimum atomic E-state index is -0.398. The van der Waals surface area contributed by atoms with Gasteiger partial charge in [-0.05, 0) is 77.4 Å². The first-order chi connectivity index (χ1) is 26.2. The van der Waals surface area contributed by atoms with Crippen molar-refractivity contribution < 1.29 is 8.83 Å². The Balaban J connectivity index is 1.08. The number of fused-ring (bicyclic) bond motifs is 10. The smallest absolute Gasteiger partial charge is 0.139 e. The molecule has 4 aliphatic rings. The van der Waals surface area contributed by atoms with Crippen LogP contribution in [0, 0.1) is 11.3 Å². The lowest BCUT2D eigenvalue weighted by Crippen LogP contribution is -2.38. The zero-order chi connectivity index (χ0) is 34.7. The van der Waals surface area contributed by atoms with Crippen LogP contribution in [0.2, 0.25) is 0 Å². The van der Waals surface area contributed by atoms with Gasteiger partial charge in [-0.15, -0.1) is 0 Å². The molecule has 2 heterocycles. The lowest BCUT2D eigenvalue weighted by atomic mass is 9.60. The van der Waals surface area contributed by atoms with Crippen molar-refractivity contribution in [2.24, 2.45) is 11.3 Å². The summed E-state index contributed by atoms with van der Waals surface area (Å²) in [5, 5.41) is 3.44. The Bertz CT molecular complexity index is 2860. The third-order valence-corrected chi connectivity index (χ3v) is 12.6. The number of benzene rings is 6. The second-order valence-electron chi connectivity index (χ2n) is 15.1. The molecule has 8 aromatic rings. The molecular formula is C50H35NO2. The van der Waals surface area contributed by atoms with Crippen LogP contribution in [0.1, 0.15) is 40.9 Å². The molecule has 2 aromatic heterocycles. The number of nitrogens with zero attached hydrogens (tertiary/aromatic N) is 1. The first-order valence-corrected chi connectivity index (χ1v) is 18.8. The summed E-state index contributed by atoms with van der Waals surface area (Å²) < 4.78 is 13.6. The van der Waals surface area contributed by atoms with Crippen molar-refractivity contribution in [1.29, 1.82) is 0 Å². The van der Waals surface area contributed by atoms with E-state index in [1.165, 1.54) is 33.4 Å². The molecule has 2 unspecified atom stereocenters. The molecule has 2 atom stereocenters. The molecule has 6 aromatic carbocycles. The summed E-state index contributed by atoms with van der Waals surface area (Å²) in [5.74, 6) is 1.54. The van der Waals surface area contributed by atoms with E-state index in [4.69, 9.17) is 8.83 Å². The predicted molar refractivity (Wildman–Crippen MR) is 216 cm³/mol. The van der Waals surface area contributed by atoms with E-state index < -0.39 is 5.41 Å². The van der Waals surface area contributed by atoms with Gasteiger partial charge in [0.1, 0.15) is 22.5 Å². The van der Waals surface area contributed by atoms with Crippen LogP contribution >= 0.6 is 0 Å². The maximum atomic E-state index is 7.20. The van der Waals surface area contributed by atoms with E-state index in [-0.39, 0.29) is 5.41 Å². The Morgan fingerprint density at radius 2 is 1.28 bits per heavy atom. The maximum Gasteiger partial charge on any atom is 0.139 e. The number of hydrogen-bond acceptors (Lipinski definition) is 3. The lowest BCUT2D eigenvalue weighted by Gasteiger charge is -2.41. The SMILES string of the molecule is C1=CC2CC2(C2(c3cccc4c3oc3cc(N(c5ccccc5)c5ccc6c7c(oc6c5)CCC=C7)ccc34)c3ccccc3-c3ccccc32)C=C1. The first kappa shape index (κ1) is 29.3. The van der Waals surface area contributed by atoms with E-state index in [1.807, 2.05) is 0 Å². The quantitative estimate of drug-likeness (QED) is 0.181. The highest BCUT2D eigenvalue weighted by Crippen LogP contribution is 2.74. The van der Waals surface area contributed by atoms with Crippen molar-refractivity contribution in [2.75, 3.05) is 4.90 Å². The highest BCUT2D eigenvalue weighted by molar-refractivity contribution is 6.08. The van der Waals surface area contributed by atoms with Gasteiger partial charge >= 0.3 is 0 Å². The van der Waals surface area contributed by atoms with Crippen LogP contribution in [0.4, 0.5) is 17.1 Å². The van der Waals surface area contributed by atoms with Gasteiger partial charge in [0.05, 0.1) is 5.41 Å². The van der Waals surface area contributed by atoms with Crippen LogP contribution in [-0.2, 0) is 11.8 Å². The zero-order valence-electron chi connectivity index (χ0n) is 29.1. The third-order valence-electron chi connectivity index (χ3n) is 12.6. The molecule has 0 amide bonds. The monoisotopic (exact) mass is 681 g/mol. The number of furan rings is 2. The van der Waals surface area contributed by atoms with Gasteiger partial charge in [-0.1, -0.05) is 121 Å². The molecule has 53 heavy (non-hydrogen) atoms. The van der Waals surface area contributed by atoms with Crippen LogP contribution in [-0.4, -0.2) is 0 Å². The Morgan fingerprint density at radius 3 is 2.06 bits per heavy atom. The number of allylic oxidation sites excluding steroid dienone is 5. The Kier molecular flexibility index (Phi) is 5.86. The van der Waals surface area contributed by atoms with Crippen molar-refractivity contribution >= 4 is 56.0 Å². The van der Waals surface area contributed by atoms with E-state index in [0.29, 0.717) is 5.92 Å². The van der Waals surface area contributed by atoms with Crippen molar-refractivity contribution in [3.63, 3.8) is 0 Å². The van der Waals surface area contributed by atoms with Crippen LogP contribution in [0.15, 0.2) is 173 Å². The van der Waals surface area contributed by atoms with Gasteiger partial charge in [-0.3, -0.25) is 0 Å². The molecule has 3 heteroatoms. The summed E-state index contributed by atoms with van der Waals surface area (Å²) in [6.07, 6.45) is 16.9. The van der Waals surface area contributed by atoms with Crippen molar-refractivity contribution in [1.82, 2.24) is 0 Å². The average Bonchev–Trinajstić information content (AvgIpc) is 3.52. The summed E-state index contributed by atoms with van der Waals surface area (Å²) in [5.41, 5.74) is 13.3. The van der Waals surface area contributed by atoms with Gasteiger partial charge in [0.15, 0.2) is 0 Å². The molecule has 4 aliphatic carbocycles. The minimum Gasteiger partial charge on any atom is -0.460 e. The maximum absolute atomic E-state index is 7.20. The van der Waals surface area contributed by atoms with E-state index in [2.05, 4.69) is 175 Å². The van der Waals surface area contributed by atoms with Crippen LogP contribution in [0.3, 0.4) is 0 Å². The van der Waals surface area contributed by atoms with Crippen LogP contribution in [0.25, 0.3) is 50.1 Å². The Labute approximate surface area is 307 Å². The molecule has 0 saturated heterocycles. The molecule has 1 fully saturated rings. The summed E-state index contributed by atoms with van der Waals surface area (Å²) in [6.45, 7) is 0. The number of aryl methyl sites for hydroxylation is 1. The molecule has 252 valence electrons. The fraction of sp³-hybridized carbons (Fsp3) is 0.120. The average molecular weight is 682 g/mol. The summed E-state index contributed by atoms with van der Waals surface area (Å²) in [7, 11) is 0. The predicted octanol–water partition coefficient (Wildman–Crippen LogP) is 13.2. The van der Waals surface area contributed by atoms with Crippen LogP contribution < -0.4 is 4.90 Å². The molecule has 12 rings (SSSR count). The lowest BCUT2D eigenvalue weighted by molar-refractivity contribution is 0.412. The van der Waals surface area contributed by atoms with Gasteiger partial charge in [-0.2, -0.15) is 0 Å². The topological polar surface area (TPSA) is 29.5 Å². The Morgan fingerprint density at radius 1 is 0.585 bits per heavy atom. The minimum absolute atomic E-state index is 0.0769. The van der Waals surface area contributed by atoms with Crippen molar-refractivity contribution in [2.45, 2.75) is 24.7 Å². The van der Waals surface area contributed by atoms with Gasteiger partial charge in [0, 0.05) is 68.3 Å². The first-order valence-electron chi connectivity index (χ1n) is 18.8. The molecular weight excluding hydrogens is 647 g/mol. The van der Waals surface area contributed by atoms with Crippen LogP contribution in [0.5, 0.6) is 0 Å². The highest BCUT2D eigenvalue weighted by Gasteiger charge is 2.69. The second-order valence-corrected chi connectivity index (χ2v) is 15.1. The number of rotatable bonds is 5. The van der Waals surface area contributed by atoms with Gasteiger partial charge in [0.25, 0.3) is 0 Å². The fourth-order valence-electron chi connectivity index (χ4n) is 10.3. The van der Waals surface area contributed by atoms with Gasteiger partial charge in [0.2, 0.25) is 0 Å². The van der Waals surface area contributed by atoms with E-state index >= 15 is 0 Å². The van der Waals surface area contributed by atoms with E-state index in [9.17, 15) is 0 Å². The van der Waals surface area contributed by atoms with E-state index in [0.717, 1.165) is 75.0 Å². The van der Waals surface area contributed by atoms with Gasteiger partial charge < -0.3 is 13.7 Å². The fourth-order valence-corrected chi connectivity index (χ4v) is 10.3. The molecule has 0 aliphatic heterocycles. The van der Waals surface area contributed by atoms with Gasteiger partial charge in [-0.25, -0.2) is 0 Å². The number of anilines is 3. The summed E-state index contributed by atoms with van der Waals surface area (Å²) in [6, 6.07) is 48.8. The molecule has 0 spiro atoms. The Hall–Kier alpha value is -6.32. The number of para-hydroxylation sites is 2. The zero-order valence-corrected chi connectivity index (χ0v) is 29.1. The second kappa shape index (κ2) is 10.6. The highest BCUT2D eigenvalue weighted by atomic mass is 16.3.